The van der Waals surface area contributed by atoms with Crippen LogP contribution >= 0.6 is 0 Å². The number of phenolic OH excluding ortho intramolecular Hbond substituents is 2. The van der Waals surface area contributed by atoms with Crippen molar-refractivity contribution in [3.63, 3.8) is 0 Å². The Morgan fingerprint density at radius 2 is 1.42 bits per heavy atom. The smallest absolute Gasteiger partial charge is 0.338 e. The highest BCUT2D eigenvalue weighted by atomic mass is 16.5. The molecule has 0 saturated carbocycles. The fourth-order valence-electron chi connectivity index (χ4n) is 1.89. The number of rotatable bonds is 2. The molecule has 0 bridgehead atoms. The molecule has 0 atom stereocenters. The molecule has 98 valence electrons. The number of ether oxygens (including phenoxy) is 1. The molecule has 0 amide bonds. The van der Waals surface area contributed by atoms with Crippen LogP contribution in [0.5, 0.6) is 11.5 Å². The van der Waals surface area contributed by atoms with Crippen LogP contribution < -0.4 is 0 Å². The number of aromatic carboxylic acids is 1. The monoisotopic (exact) mass is 262 g/mol. The molecule has 0 unspecified atom stereocenters. The number of methoxy groups -OCH3 is 1. The minimum Gasteiger partial charge on any atom is -0.508 e. The second-order valence-electron chi connectivity index (χ2n) is 3.88. The Kier molecular flexibility index (Phi) is 3.00. The van der Waals surface area contributed by atoms with Crippen LogP contribution in [0.1, 0.15) is 20.7 Å². The molecule has 0 fully saturated rings. The van der Waals surface area contributed by atoms with Gasteiger partial charge in [-0.25, -0.2) is 9.59 Å². The van der Waals surface area contributed by atoms with Crippen LogP contribution in [0.3, 0.4) is 0 Å². The van der Waals surface area contributed by atoms with Crippen molar-refractivity contribution >= 4 is 22.7 Å². The SMILES string of the molecule is COC(=O)c1cc(O)cc2c(C(=O)O)cc(O)cc12. The average Bonchev–Trinajstić information content (AvgIpc) is 2.36. The number of carboxylic acids is 1. The Hall–Kier alpha value is -2.76. The van der Waals surface area contributed by atoms with Crippen molar-refractivity contribution in [1.82, 2.24) is 0 Å². The maximum Gasteiger partial charge on any atom is 0.338 e. The van der Waals surface area contributed by atoms with Crippen molar-refractivity contribution in [3.05, 3.63) is 35.4 Å². The van der Waals surface area contributed by atoms with E-state index >= 15 is 0 Å². The van der Waals surface area contributed by atoms with Gasteiger partial charge in [0, 0.05) is 10.8 Å². The number of carboxylic acid groups (broad SMARTS) is 1. The maximum atomic E-state index is 11.6. The van der Waals surface area contributed by atoms with E-state index in [0.29, 0.717) is 0 Å². The molecule has 0 saturated heterocycles. The molecule has 6 heteroatoms. The first-order valence-corrected chi connectivity index (χ1v) is 5.25. The van der Waals surface area contributed by atoms with Gasteiger partial charge in [-0.15, -0.1) is 0 Å². The van der Waals surface area contributed by atoms with E-state index in [2.05, 4.69) is 4.74 Å². The van der Waals surface area contributed by atoms with Crippen LogP contribution in [-0.4, -0.2) is 34.4 Å². The van der Waals surface area contributed by atoms with Crippen molar-refractivity contribution in [2.75, 3.05) is 7.11 Å². The standard InChI is InChI=1S/C13H10O6/c1-19-13(18)11-5-7(15)2-8-9(11)3-6(14)4-10(8)12(16)17/h2-5,14-15H,1H3,(H,16,17). The molecule has 6 nitrogen and oxygen atoms in total. The first-order chi connectivity index (χ1) is 8.93. The highest BCUT2D eigenvalue weighted by molar-refractivity contribution is 6.12. The van der Waals surface area contributed by atoms with E-state index in [1.807, 2.05) is 0 Å². The van der Waals surface area contributed by atoms with E-state index in [0.717, 1.165) is 12.1 Å². The van der Waals surface area contributed by atoms with Gasteiger partial charge in [0.25, 0.3) is 0 Å². The number of benzene rings is 2. The van der Waals surface area contributed by atoms with Gasteiger partial charge in [0.15, 0.2) is 0 Å². The molecule has 2 aromatic rings. The van der Waals surface area contributed by atoms with Gasteiger partial charge >= 0.3 is 11.9 Å². The zero-order chi connectivity index (χ0) is 14.2. The van der Waals surface area contributed by atoms with E-state index in [-0.39, 0.29) is 33.4 Å². The molecule has 0 aliphatic carbocycles. The number of fused-ring (bicyclic) bond motifs is 1. The zero-order valence-electron chi connectivity index (χ0n) is 9.88. The first kappa shape index (κ1) is 12.7. The van der Waals surface area contributed by atoms with E-state index in [9.17, 15) is 19.8 Å². The molecule has 0 aliphatic rings. The highest BCUT2D eigenvalue weighted by Gasteiger charge is 2.18. The van der Waals surface area contributed by atoms with Crippen molar-refractivity contribution in [2.45, 2.75) is 0 Å². The van der Waals surface area contributed by atoms with Gasteiger partial charge in [0.05, 0.1) is 18.2 Å². The summed E-state index contributed by atoms with van der Waals surface area (Å²) in [6.07, 6.45) is 0. The number of phenols is 2. The molecule has 2 aromatic carbocycles. The topological polar surface area (TPSA) is 104 Å². The van der Waals surface area contributed by atoms with Crippen LogP contribution in [0.25, 0.3) is 10.8 Å². The quantitative estimate of drug-likeness (QED) is 0.712. The van der Waals surface area contributed by atoms with Crippen LogP contribution in [0.4, 0.5) is 0 Å². The van der Waals surface area contributed by atoms with Crippen LogP contribution in [0.2, 0.25) is 0 Å². The summed E-state index contributed by atoms with van der Waals surface area (Å²) < 4.78 is 4.56. The second kappa shape index (κ2) is 4.49. The molecule has 0 heterocycles. The lowest BCUT2D eigenvalue weighted by molar-refractivity contribution is 0.0601. The second-order valence-corrected chi connectivity index (χ2v) is 3.88. The number of hydrogen-bond acceptors (Lipinski definition) is 5. The van der Waals surface area contributed by atoms with E-state index < -0.39 is 11.9 Å². The van der Waals surface area contributed by atoms with Crippen molar-refractivity contribution < 1.29 is 29.6 Å². The van der Waals surface area contributed by atoms with Gasteiger partial charge < -0.3 is 20.1 Å². The molecule has 0 aliphatic heterocycles. The Labute approximate surface area is 107 Å². The minimum absolute atomic E-state index is 0.0177. The third-order valence-electron chi connectivity index (χ3n) is 2.68. The van der Waals surface area contributed by atoms with Crippen molar-refractivity contribution in [1.29, 1.82) is 0 Å². The summed E-state index contributed by atoms with van der Waals surface area (Å²) in [4.78, 5) is 22.7. The fraction of sp³-hybridized carbons (Fsp3) is 0.0769. The zero-order valence-corrected chi connectivity index (χ0v) is 9.88. The minimum atomic E-state index is -1.28. The third kappa shape index (κ3) is 2.15. The Bertz CT molecular complexity index is 689. The molecular weight excluding hydrogens is 252 g/mol. The summed E-state index contributed by atoms with van der Waals surface area (Å²) in [7, 11) is 1.17. The largest absolute Gasteiger partial charge is 0.508 e. The van der Waals surface area contributed by atoms with Gasteiger partial charge in [-0.1, -0.05) is 0 Å². The van der Waals surface area contributed by atoms with Crippen molar-refractivity contribution in [2.24, 2.45) is 0 Å². The summed E-state index contributed by atoms with van der Waals surface area (Å²) in [5.41, 5.74) is -0.230. The molecule has 19 heavy (non-hydrogen) atoms. The summed E-state index contributed by atoms with van der Waals surface area (Å²) in [6.45, 7) is 0. The third-order valence-corrected chi connectivity index (χ3v) is 2.68. The van der Waals surface area contributed by atoms with Gasteiger partial charge in [0.2, 0.25) is 0 Å². The van der Waals surface area contributed by atoms with Crippen molar-refractivity contribution in [3.8, 4) is 11.5 Å². The number of hydrogen-bond donors (Lipinski definition) is 3. The predicted molar refractivity (Wildman–Crippen MR) is 65.6 cm³/mol. The molecule has 0 radical (unpaired) electrons. The van der Waals surface area contributed by atoms with Crippen LogP contribution in [0, 0.1) is 0 Å². The molecule has 0 aromatic heterocycles. The molecule has 2 rings (SSSR count). The van der Waals surface area contributed by atoms with E-state index in [1.54, 1.807) is 0 Å². The number of carbonyl (C=O) groups excluding carboxylic acids is 1. The number of esters is 1. The Balaban J connectivity index is 2.92. The maximum absolute atomic E-state index is 11.6. The van der Waals surface area contributed by atoms with Crippen LogP contribution in [-0.2, 0) is 4.74 Å². The Morgan fingerprint density at radius 3 is 1.89 bits per heavy atom. The molecule has 0 spiro atoms. The van der Waals surface area contributed by atoms with Gasteiger partial charge in [-0.05, 0) is 24.3 Å². The summed E-state index contributed by atoms with van der Waals surface area (Å²) in [5.74, 6) is -2.56. The first-order valence-electron chi connectivity index (χ1n) is 5.25. The van der Waals surface area contributed by atoms with E-state index in [1.165, 1.54) is 19.2 Å². The lowest BCUT2D eigenvalue weighted by atomic mass is 9.99. The molecular formula is C13H10O6. The average molecular weight is 262 g/mol. The summed E-state index contributed by atoms with van der Waals surface area (Å²) in [5, 5.41) is 28.5. The lowest BCUT2D eigenvalue weighted by Crippen LogP contribution is -2.04. The van der Waals surface area contributed by atoms with Crippen LogP contribution in [0.15, 0.2) is 24.3 Å². The number of carbonyl (C=O) groups is 2. The normalized spacial score (nSPS) is 10.4. The van der Waals surface area contributed by atoms with Gasteiger partial charge in [-0.2, -0.15) is 0 Å². The highest BCUT2D eigenvalue weighted by Crippen LogP contribution is 2.31. The summed E-state index contributed by atoms with van der Waals surface area (Å²) >= 11 is 0. The van der Waals surface area contributed by atoms with E-state index in [4.69, 9.17) is 5.11 Å². The lowest BCUT2D eigenvalue weighted by Gasteiger charge is -2.09. The Morgan fingerprint density at radius 1 is 0.947 bits per heavy atom. The molecule has 3 N–H and O–H groups in total. The van der Waals surface area contributed by atoms with Gasteiger partial charge in [-0.3, -0.25) is 0 Å². The summed E-state index contributed by atoms with van der Waals surface area (Å²) in [6, 6.07) is 4.66. The predicted octanol–water partition coefficient (Wildman–Crippen LogP) is 1.74. The fourth-order valence-corrected chi connectivity index (χ4v) is 1.89. The number of aromatic hydroxyl groups is 2. The van der Waals surface area contributed by atoms with Gasteiger partial charge in [0.1, 0.15) is 11.5 Å².